The van der Waals surface area contributed by atoms with E-state index in [0.29, 0.717) is 12.8 Å². The molecule has 29 heavy (non-hydrogen) atoms. The summed E-state index contributed by atoms with van der Waals surface area (Å²) in [7, 11) is 0. The molecule has 4 nitrogen and oxygen atoms in total. The van der Waals surface area contributed by atoms with Crippen molar-refractivity contribution in [1.82, 2.24) is 0 Å². The van der Waals surface area contributed by atoms with Gasteiger partial charge in [0.15, 0.2) is 5.60 Å². The molecule has 0 amide bonds. The van der Waals surface area contributed by atoms with E-state index >= 15 is 8.78 Å². The third-order valence-electron chi connectivity index (χ3n) is 4.90. The van der Waals surface area contributed by atoms with Crippen LogP contribution in [0.25, 0.3) is 0 Å². The molecule has 0 aliphatic rings. The molecule has 2 unspecified atom stereocenters. The minimum atomic E-state index is -3.82. The van der Waals surface area contributed by atoms with Gasteiger partial charge in [-0.3, -0.25) is 4.79 Å². The number of halogens is 2. The van der Waals surface area contributed by atoms with Crippen LogP contribution in [0.15, 0.2) is 35.9 Å². The monoisotopic (exact) mass is 410 g/mol. The van der Waals surface area contributed by atoms with Crippen LogP contribution in [0.2, 0.25) is 0 Å². The normalized spacial score (nSPS) is 15.2. The van der Waals surface area contributed by atoms with E-state index in [1.165, 1.54) is 25.0 Å². The van der Waals surface area contributed by atoms with Gasteiger partial charge in [0.2, 0.25) is 0 Å². The number of esters is 1. The van der Waals surface area contributed by atoms with Gasteiger partial charge in [-0.05, 0) is 52.0 Å². The average molecular weight is 411 g/mol. The van der Waals surface area contributed by atoms with Crippen molar-refractivity contribution in [3.05, 3.63) is 41.5 Å². The van der Waals surface area contributed by atoms with Crippen molar-refractivity contribution in [1.29, 1.82) is 0 Å². The van der Waals surface area contributed by atoms with E-state index in [9.17, 15) is 14.7 Å². The second-order valence-corrected chi connectivity index (χ2v) is 8.29. The predicted octanol–water partition coefficient (Wildman–Crippen LogP) is 5.22. The van der Waals surface area contributed by atoms with Gasteiger partial charge >= 0.3 is 11.9 Å². The van der Waals surface area contributed by atoms with Gasteiger partial charge in [0.05, 0.1) is 11.5 Å². The Morgan fingerprint density at radius 3 is 2.17 bits per heavy atom. The summed E-state index contributed by atoms with van der Waals surface area (Å²) in [4.78, 5) is 23.9. The Morgan fingerprint density at radius 1 is 1.14 bits per heavy atom. The first kappa shape index (κ1) is 25.0. The molecule has 0 saturated carbocycles. The number of alkyl halides is 2. The molecule has 0 heterocycles. The minimum absolute atomic E-state index is 0.0253. The van der Waals surface area contributed by atoms with Crippen molar-refractivity contribution in [2.24, 2.45) is 5.92 Å². The molecule has 1 aromatic rings. The quantitative estimate of drug-likeness (QED) is 0.424. The van der Waals surface area contributed by atoms with E-state index in [1.54, 1.807) is 39.0 Å². The summed E-state index contributed by atoms with van der Waals surface area (Å²) in [6.45, 7) is 8.53. The second-order valence-electron chi connectivity index (χ2n) is 8.29. The Morgan fingerprint density at radius 2 is 1.72 bits per heavy atom. The highest BCUT2D eigenvalue weighted by Crippen LogP contribution is 2.45. The Hall–Kier alpha value is -2.04. The van der Waals surface area contributed by atoms with Crippen molar-refractivity contribution in [2.75, 3.05) is 0 Å². The van der Waals surface area contributed by atoms with Crippen LogP contribution in [0.1, 0.15) is 72.3 Å². The largest absolute Gasteiger partial charge is 0.460 e. The molecule has 0 aromatic heterocycles. The van der Waals surface area contributed by atoms with Crippen LogP contribution in [-0.2, 0) is 19.9 Å². The first-order valence-electron chi connectivity index (χ1n) is 10.1. The zero-order chi connectivity index (χ0) is 22.3. The number of hydrogen-bond donors (Lipinski definition) is 1. The lowest BCUT2D eigenvalue weighted by atomic mass is 9.79. The molecular formula is C23H32F2O4. The van der Waals surface area contributed by atoms with Crippen LogP contribution in [-0.4, -0.2) is 28.5 Å². The minimum Gasteiger partial charge on any atom is -0.460 e. The number of benzene rings is 1. The molecule has 2 atom stereocenters. The Balaban J connectivity index is 3.08. The Bertz CT molecular complexity index is 718. The SMILES string of the molecule is CCCC(CCC(=C=O)C(F)(F)C(O)(CC)c1ccccc1)C(=O)OC(C)(C)C. The average Bonchev–Trinajstić information content (AvgIpc) is 2.65. The highest BCUT2D eigenvalue weighted by molar-refractivity contribution is 5.73. The number of carbonyl (C=O) groups excluding carboxylic acids is 2. The van der Waals surface area contributed by atoms with Gasteiger partial charge < -0.3 is 9.84 Å². The van der Waals surface area contributed by atoms with Gasteiger partial charge in [-0.25, -0.2) is 4.79 Å². The lowest BCUT2D eigenvalue weighted by Gasteiger charge is -2.36. The summed E-state index contributed by atoms with van der Waals surface area (Å²) in [5.41, 5.74) is -4.04. The van der Waals surface area contributed by atoms with E-state index < -0.39 is 34.6 Å². The summed E-state index contributed by atoms with van der Waals surface area (Å²) < 4.78 is 35.9. The van der Waals surface area contributed by atoms with Crippen molar-refractivity contribution < 1.29 is 28.2 Å². The van der Waals surface area contributed by atoms with Crippen LogP contribution >= 0.6 is 0 Å². The molecule has 6 heteroatoms. The van der Waals surface area contributed by atoms with Gasteiger partial charge in [-0.1, -0.05) is 50.6 Å². The molecule has 0 saturated heterocycles. The van der Waals surface area contributed by atoms with E-state index in [1.807, 2.05) is 6.92 Å². The Labute approximate surface area is 172 Å². The fourth-order valence-electron chi connectivity index (χ4n) is 3.28. The lowest BCUT2D eigenvalue weighted by Crippen LogP contribution is -2.46. The number of carbonyl (C=O) groups is 1. The summed E-state index contributed by atoms with van der Waals surface area (Å²) >= 11 is 0. The Kier molecular flexibility index (Phi) is 8.73. The van der Waals surface area contributed by atoms with Crippen molar-refractivity contribution in [2.45, 2.75) is 83.8 Å². The van der Waals surface area contributed by atoms with Crippen molar-refractivity contribution in [3.8, 4) is 0 Å². The molecule has 0 bridgehead atoms. The maximum atomic E-state index is 15.3. The van der Waals surface area contributed by atoms with Gasteiger partial charge in [0.25, 0.3) is 0 Å². The molecule has 0 radical (unpaired) electrons. The van der Waals surface area contributed by atoms with Crippen molar-refractivity contribution >= 4 is 11.9 Å². The summed E-state index contributed by atoms with van der Waals surface area (Å²) in [6, 6.07) is 7.57. The fraction of sp³-hybridized carbons (Fsp3) is 0.609. The number of ether oxygens (including phenoxy) is 1. The van der Waals surface area contributed by atoms with E-state index in [2.05, 4.69) is 0 Å². The predicted molar refractivity (Wildman–Crippen MR) is 108 cm³/mol. The standard InChI is InChI=1S/C23H32F2O4/c1-6-11-17(20(27)29-21(3,4)5)14-15-19(16-26)23(24,25)22(28,7-2)18-12-9-8-10-13-18/h8-10,12-13,17,28H,6-7,11,14-15H2,1-5H3. The van der Waals surface area contributed by atoms with Crippen molar-refractivity contribution in [3.63, 3.8) is 0 Å². The van der Waals surface area contributed by atoms with Crippen LogP contribution in [0, 0.1) is 5.92 Å². The van der Waals surface area contributed by atoms with Crippen LogP contribution < -0.4 is 0 Å². The molecule has 0 spiro atoms. The molecule has 1 rings (SSSR count). The zero-order valence-electron chi connectivity index (χ0n) is 17.9. The van der Waals surface area contributed by atoms with Gasteiger partial charge in [0.1, 0.15) is 11.5 Å². The molecular weight excluding hydrogens is 378 g/mol. The summed E-state index contributed by atoms with van der Waals surface area (Å²) in [5.74, 6) is -3.56. The molecule has 0 aliphatic carbocycles. The lowest BCUT2D eigenvalue weighted by molar-refractivity contribution is -0.167. The third-order valence-corrected chi connectivity index (χ3v) is 4.90. The maximum absolute atomic E-state index is 15.3. The fourth-order valence-corrected chi connectivity index (χ4v) is 3.28. The van der Waals surface area contributed by atoms with Gasteiger partial charge in [0, 0.05) is 0 Å². The topological polar surface area (TPSA) is 63.6 Å². The molecule has 1 N–H and O–H groups in total. The van der Waals surface area contributed by atoms with Crippen LogP contribution in [0.5, 0.6) is 0 Å². The number of hydrogen-bond acceptors (Lipinski definition) is 4. The second kappa shape index (κ2) is 10.1. The highest BCUT2D eigenvalue weighted by Gasteiger charge is 2.55. The van der Waals surface area contributed by atoms with Gasteiger partial charge in [-0.15, -0.1) is 0 Å². The van der Waals surface area contributed by atoms with E-state index in [0.717, 1.165) is 0 Å². The molecule has 162 valence electrons. The van der Waals surface area contributed by atoms with Crippen LogP contribution in [0.3, 0.4) is 0 Å². The highest BCUT2D eigenvalue weighted by atomic mass is 19.3. The molecule has 1 aromatic carbocycles. The molecule has 0 fully saturated rings. The zero-order valence-corrected chi connectivity index (χ0v) is 17.9. The molecule has 0 aliphatic heterocycles. The van der Waals surface area contributed by atoms with E-state index in [-0.39, 0.29) is 24.8 Å². The number of rotatable bonds is 10. The van der Waals surface area contributed by atoms with E-state index in [4.69, 9.17) is 4.74 Å². The van der Waals surface area contributed by atoms with Gasteiger partial charge in [-0.2, -0.15) is 8.78 Å². The maximum Gasteiger partial charge on any atom is 0.311 e. The number of aliphatic hydroxyl groups is 1. The van der Waals surface area contributed by atoms with Crippen LogP contribution in [0.4, 0.5) is 8.78 Å². The third kappa shape index (κ3) is 6.22. The first-order chi connectivity index (χ1) is 13.4. The smallest absolute Gasteiger partial charge is 0.311 e. The summed E-state index contributed by atoms with van der Waals surface area (Å²) in [6.07, 6.45) is 0.513. The first-order valence-corrected chi connectivity index (χ1v) is 10.1. The summed E-state index contributed by atoms with van der Waals surface area (Å²) in [5, 5.41) is 10.8.